The van der Waals surface area contributed by atoms with Crippen LogP contribution in [-0.2, 0) is 4.79 Å². The zero-order valence-corrected chi connectivity index (χ0v) is 14.1. The number of aromatic hydroxyl groups is 1. The molecule has 2 aromatic rings. The van der Waals surface area contributed by atoms with Crippen LogP contribution >= 0.6 is 31.9 Å². The van der Waals surface area contributed by atoms with Crippen LogP contribution < -0.4 is 5.43 Å². The van der Waals surface area contributed by atoms with E-state index in [1.165, 1.54) is 0 Å². The van der Waals surface area contributed by atoms with Crippen LogP contribution in [0.25, 0.3) is 6.08 Å². The second kappa shape index (κ2) is 5.98. The summed E-state index contributed by atoms with van der Waals surface area (Å²) in [4.78, 5) is 20.2. The molecule has 1 aromatic heterocycles. The van der Waals surface area contributed by atoms with Crippen molar-refractivity contribution in [3.8, 4) is 5.75 Å². The molecule has 0 saturated heterocycles. The summed E-state index contributed by atoms with van der Waals surface area (Å²) in [6.07, 6.45) is 4.82. The van der Waals surface area contributed by atoms with E-state index in [2.05, 4.69) is 52.4 Å². The van der Waals surface area contributed by atoms with E-state index in [4.69, 9.17) is 0 Å². The van der Waals surface area contributed by atoms with Crippen LogP contribution in [0, 0.1) is 0 Å². The molecule has 0 aliphatic carbocycles. The molecule has 1 aromatic carbocycles. The van der Waals surface area contributed by atoms with Crippen LogP contribution in [0.15, 0.2) is 50.2 Å². The topological polar surface area (TPSA) is 87.5 Å². The summed E-state index contributed by atoms with van der Waals surface area (Å²) in [7, 11) is 0. The highest BCUT2D eigenvalue weighted by atomic mass is 79.9. The van der Waals surface area contributed by atoms with Crippen LogP contribution in [0.4, 0.5) is 0 Å². The molecular formula is C14H8Br2N4O2. The molecule has 0 fully saturated rings. The number of carbonyl (C=O) groups is 1. The van der Waals surface area contributed by atoms with Crippen molar-refractivity contribution in [3.63, 3.8) is 0 Å². The Hall–Kier alpha value is -2.06. The number of hydrazone groups is 1. The van der Waals surface area contributed by atoms with Crippen molar-refractivity contribution in [1.29, 1.82) is 0 Å². The van der Waals surface area contributed by atoms with Crippen molar-refractivity contribution < 1.29 is 9.90 Å². The van der Waals surface area contributed by atoms with Gasteiger partial charge in [0.2, 0.25) is 0 Å². The molecule has 0 radical (unpaired) electrons. The summed E-state index contributed by atoms with van der Waals surface area (Å²) in [5, 5.41) is 13.7. The third-order valence-electron chi connectivity index (χ3n) is 2.90. The van der Waals surface area contributed by atoms with Gasteiger partial charge in [0.25, 0.3) is 5.91 Å². The molecule has 2 N–H and O–H groups in total. The number of hydrogen-bond acceptors (Lipinski definition) is 5. The smallest absolute Gasteiger partial charge is 0.273 e. The molecule has 1 amide bonds. The lowest BCUT2D eigenvalue weighted by Gasteiger charge is -2.04. The molecule has 0 spiro atoms. The molecule has 0 atom stereocenters. The molecule has 1 aliphatic heterocycles. The number of rotatable bonds is 2. The van der Waals surface area contributed by atoms with E-state index in [9.17, 15) is 9.90 Å². The monoisotopic (exact) mass is 422 g/mol. The van der Waals surface area contributed by atoms with E-state index in [1.54, 1.807) is 36.7 Å². The van der Waals surface area contributed by atoms with Gasteiger partial charge in [0.1, 0.15) is 11.5 Å². The van der Waals surface area contributed by atoms with Gasteiger partial charge in [-0.2, -0.15) is 5.10 Å². The van der Waals surface area contributed by atoms with Gasteiger partial charge in [0, 0.05) is 12.4 Å². The van der Waals surface area contributed by atoms with E-state index in [-0.39, 0.29) is 11.7 Å². The fourth-order valence-electron chi connectivity index (χ4n) is 1.90. The second-order valence-corrected chi connectivity index (χ2v) is 6.07. The normalized spacial score (nSPS) is 15.8. The predicted octanol–water partition coefficient (Wildman–Crippen LogP) is 2.62. The summed E-state index contributed by atoms with van der Waals surface area (Å²) in [6.45, 7) is 0. The van der Waals surface area contributed by atoms with Crippen LogP contribution in [0.2, 0.25) is 0 Å². The van der Waals surface area contributed by atoms with Gasteiger partial charge in [0.15, 0.2) is 5.82 Å². The lowest BCUT2D eigenvalue weighted by Crippen LogP contribution is -2.14. The average Bonchev–Trinajstić information content (AvgIpc) is 2.87. The first-order valence-electron chi connectivity index (χ1n) is 6.12. The Balaban J connectivity index is 2.06. The lowest BCUT2D eigenvalue weighted by molar-refractivity contribution is -0.116. The summed E-state index contributed by atoms with van der Waals surface area (Å²) in [5.41, 5.74) is 3.86. The molecule has 2 heterocycles. The fraction of sp³-hybridized carbons (Fsp3) is 0. The molecule has 22 heavy (non-hydrogen) atoms. The van der Waals surface area contributed by atoms with Gasteiger partial charge in [-0.15, -0.1) is 0 Å². The maximum atomic E-state index is 12.0. The average molecular weight is 424 g/mol. The van der Waals surface area contributed by atoms with Crippen molar-refractivity contribution in [2.24, 2.45) is 5.10 Å². The maximum absolute atomic E-state index is 12.0. The Morgan fingerprint density at radius 3 is 2.41 bits per heavy atom. The Morgan fingerprint density at radius 2 is 1.77 bits per heavy atom. The molecule has 110 valence electrons. The number of hydrogen-bond donors (Lipinski definition) is 2. The van der Waals surface area contributed by atoms with E-state index in [0.717, 1.165) is 0 Å². The van der Waals surface area contributed by atoms with E-state index < -0.39 is 0 Å². The molecule has 3 rings (SSSR count). The van der Waals surface area contributed by atoms with Gasteiger partial charge < -0.3 is 5.11 Å². The van der Waals surface area contributed by atoms with Gasteiger partial charge in [-0.25, -0.2) is 15.4 Å². The maximum Gasteiger partial charge on any atom is 0.273 e. The zero-order valence-electron chi connectivity index (χ0n) is 10.9. The number of carbonyl (C=O) groups excluding carboxylic acids is 1. The first-order chi connectivity index (χ1) is 10.6. The number of benzene rings is 1. The van der Waals surface area contributed by atoms with Crippen LogP contribution in [-0.4, -0.2) is 26.7 Å². The number of nitrogens with one attached hydrogen (secondary N) is 1. The van der Waals surface area contributed by atoms with Crippen LogP contribution in [0.3, 0.4) is 0 Å². The highest BCUT2D eigenvalue weighted by molar-refractivity contribution is 9.11. The molecular weight excluding hydrogens is 416 g/mol. The fourth-order valence-corrected chi connectivity index (χ4v) is 3.12. The Morgan fingerprint density at radius 1 is 1.14 bits per heavy atom. The Bertz CT molecular complexity index is 796. The molecule has 0 unspecified atom stereocenters. The molecule has 6 nitrogen and oxygen atoms in total. The molecule has 8 heteroatoms. The van der Waals surface area contributed by atoms with Crippen molar-refractivity contribution in [2.75, 3.05) is 0 Å². The van der Waals surface area contributed by atoms with Gasteiger partial charge in [-0.1, -0.05) is 0 Å². The zero-order chi connectivity index (χ0) is 15.7. The van der Waals surface area contributed by atoms with Crippen LogP contribution in [0.5, 0.6) is 5.75 Å². The quantitative estimate of drug-likeness (QED) is 0.726. The minimum absolute atomic E-state index is 0.0957. The van der Waals surface area contributed by atoms with Gasteiger partial charge in [-0.05, 0) is 61.7 Å². The predicted molar refractivity (Wildman–Crippen MR) is 88.2 cm³/mol. The van der Waals surface area contributed by atoms with E-state index >= 15 is 0 Å². The van der Waals surface area contributed by atoms with Crippen LogP contribution in [0.1, 0.15) is 11.4 Å². The van der Waals surface area contributed by atoms with Crippen molar-refractivity contribution in [3.05, 3.63) is 56.5 Å². The molecule has 1 aliphatic rings. The summed E-state index contributed by atoms with van der Waals surface area (Å²) >= 11 is 6.51. The number of amides is 1. The largest absolute Gasteiger partial charge is 0.506 e. The highest BCUT2D eigenvalue weighted by Crippen LogP contribution is 2.34. The number of phenolic OH excluding ortho intramolecular Hbond substituents is 1. The lowest BCUT2D eigenvalue weighted by atomic mass is 10.1. The molecule has 0 bridgehead atoms. The highest BCUT2D eigenvalue weighted by Gasteiger charge is 2.25. The summed E-state index contributed by atoms with van der Waals surface area (Å²) < 4.78 is 1.03. The number of halogens is 2. The summed E-state index contributed by atoms with van der Waals surface area (Å²) in [6, 6.07) is 5.08. The number of aromatic nitrogens is 2. The number of phenols is 1. The minimum atomic E-state index is -0.331. The van der Waals surface area contributed by atoms with E-state index in [0.29, 0.717) is 31.6 Å². The van der Waals surface area contributed by atoms with Crippen molar-refractivity contribution in [1.82, 2.24) is 15.4 Å². The van der Waals surface area contributed by atoms with Gasteiger partial charge >= 0.3 is 0 Å². The first kappa shape index (κ1) is 14.9. The second-order valence-electron chi connectivity index (χ2n) is 4.36. The van der Waals surface area contributed by atoms with Crippen molar-refractivity contribution >= 4 is 49.6 Å². The third kappa shape index (κ3) is 2.79. The van der Waals surface area contributed by atoms with Crippen molar-refractivity contribution in [2.45, 2.75) is 0 Å². The standard InChI is InChI=1S/C14H8Br2N4O2/c15-9-5-7(6-10(16)12(9)21)4-8-11(19-20-14(8)22)13-17-2-1-3-18-13/h1-6,21H,(H,20,22)/b8-4+. The SMILES string of the molecule is O=C1NN=C(c2ncccn2)/C1=C\c1cc(Br)c(O)c(Br)c1. The Labute approximate surface area is 142 Å². The first-order valence-corrected chi connectivity index (χ1v) is 7.70. The third-order valence-corrected chi connectivity index (χ3v) is 4.11. The molecule has 0 saturated carbocycles. The summed E-state index contributed by atoms with van der Waals surface area (Å²) in [5.74, 6) is 0.130. The van der Waals surface area contributed by atoms with Gasteiger partial charge in [0.05, 0.1) is 14.5 Å². The number of nitrogens with zero attached hydrogens (tertiary/aromatic N) is 3. The minimum Gasteiger partial charge on any atom is -0.506 e. The Kier molecular flexibility index (Phi) is 4.04. The van der Waals surface area contributed by atoms with E-state index in [1.807, 2.05) is 0 Å². The van der Waals surface area contributed by atoms with Gasteiger partial charge in [-0.3, -0.25) is 4.79 Å².